The van der Waals surface area contributed by atoms with Crippen LogP contribution in [0.25, 0.3) is 10.6 Å². The van der Waals surface area contributed by atoms with Crippen molar-refractivity contribution >= 4 is 34.6 Å². The Hall–Kier alpha value is -2.51. The van der Waals surface area contributed by atoms with E-state index in [1.165, 1.54) is 18.4 Å². The van der Waals surface area contributed by atoms with E-state index in [-0.39, 0.29) is 6.61 Å². The number of hydrogen-bond acceptors (Lipinski definition) is 7. The van der Waals surface area contributed by atoms with Gasteiger partial charge in [-0.05, 0) is 36.1 Å². The molecule has 0 aliphatic rings. The largest absolute Gasteiger partial charge is 0.465 e. The van der Waals surface area contributed by atoms with E-state index < -0.39 is 11.9 Å². The molecule has 5 nitrogen and oxygen atoms in total. The Morgan fingerprint density at radius 3 is 2.76 bits per heavy atom. The number of aromatic nitrogens is 1. The molecule has 0 fully saturated rings. The maximum Gasteiger partial charge on any atom is 0.350 e. The lowest BCUT2D eigenvalue weighted by Gasteiger charge is -2.05. The maximum atomic E-state index is 12.4. The van der Waals surface area contributed by atoms with Crippen molar-refractivity contribution in [2.24, 2.45) is 0 Å². The number of carbonyl (C=O) groups excluding carboxylic acids is 2. The van der Waals surface area contributed by atoms with Gasteiger partial charge in [0, 0.05) is 10.9 Å². The summed E-state index contributed by atoms with van der Waals surface area (Å²) in [6.45, 7) is 1.87. The first-order valence-electron chi connectivity index (χ1n) is 7.43. The van der Waals surface area contributed by atoms with Crippen LogP contribution >= 0.6 is 22.7 Å². The zero-order chi connectivity index (χ0) is 17.8. The molecule has 0 saturated carbocycles. The highest BCUT2D eigenvalue weighted by Gasteiger charge is 2.18. The van der Waals surface area contributed by atoms with E-state index >= 15 is 0 Å². The van der Waals surface area contributed by atoms with Crippen LogP contribution in [0.1, 0.15) is 31.3 Å². The Balaban J connectivity index is 1.70. The van der Waals surface area contributed by atoms with E-state index in [9.17, 15) is 9.59 Å². The Morgan fingerprint density at radius 2 is 2.04 bits per heavy atom. The van der Waals surface area contributed by atoms with Crippen molar-refractivity contribution < 1.29 is 19.1 Å². The van der Waals surface area contributed by atoms with Crippen molar-refractivity contribution in [2.75, 3.05) is 7.11 Å². The highest BCUT2D eigenvalue weighted by Crippen LogP contribution is 2.30. The van der Waals surface area contributed by atoms with Crippen molar-refractivity contribution in [3.8, 4) is 10.6 Å². The summed E-state index contributed by atoms with van der Waals surface area (Å²) in [7, 11) is 1.33. The molecule has 25 heavy (non-hydrogen) atoms. The predicted molar refractivity (Wildman–Crippen MR) is 97.1 cm³/mol. The highest BCUT2D eigenvalue weighted by molar-refractivity contribution is 7.17. The van der Waals surface area contributed by atoms with Gasteiger partial charge in [0.05, 0.1) is 18.4 Å². The average Bonchev–Trinajstić information content (AvgIpc) is 3.28. The minimum Gasteiger partial charge on any atom is -0.465 e. The van der Waals surface area contributed by atoms with Gasteiger partial charge in [-0.1, -0.05) is 12.1 Å². The van der Waals surface area contributed by atoms with Gasteiger partial charge in [0.15, 0.2) is 0 Å². The molecule has 3 aromatic rings. The number of carbonyl (C=O) groups is 2. The molecule has 0 unspecified atom stereocenters. The Morgan fingerprint density at radius 1 is 1.20 bits per heavy atom. The molecule has 0 spiro atoms. The number of esters is 2. The van der Waals surface area contributed by atoms with Gasteiger partial charge < -0.3 is 9.47 Å². The third-order valence-corrected chi connectivity index (χ3v) is 5.34. The first kappa shape index (κ1) is 17.3. The number of methoxy groups -OCH3 is 1. The van der Waals surface area contributed by atoms with Gasteiger partial charge in [0.25, 0.3) is 0 Å². The summed E-state index contributed by atoms with van der Waals surface area (Å²) in [5.41, 5.74) is 2.80. The summed E-state index contributed by atoms with van der Waals surface area (Å²) in [6, 6.07) is 8.78. The van der Waals surface area contributed by atoms with Crippen LogP contribution in [0.5, 0.6) is 0 Å². The number of benzene rings is 1. The second-order valence-electron chi connectivity index (χ2n) is 5.21. The number of thiophene rings is 1. The van der Waals surface area contributed by atoms with Gasteiger partial charge >= 0.3 is 11.9 Å². The number of nitrogens with zero attached hydrogens (tertiary/aromatic N) is 1. The maximum absolute atomic E-state index is 12.4. The number of rotatable bonds is 5. The molecule has 0 atom stereocenters. The average molecular weight is 373 g/mol. The SMILES string of the molecule is COC(=O)c1cccc(COC(=O)c2sc(-c3ccsc3)nc2C)c1. The predicted octanol–water partition coefficient (Wildman–Crippen LogP) is 4.32. The lowest BCUT2D eigenvalue weighted by atomic mass is 10.1. The van der Waals surface area contributed by atoms with E-state index in [0.29, 0.717) is 16.1 Å². The molecule has 0 bridgehead atoms. The van der Waals surface area contributed by atoms with E-state index in [1.807, 2.05) is 16.8 Å². The molecule has 0 radical (unpaired) electrons. The summed E-state index contributed by atoms with van der Waals surface area (Å²) in [5, 5.41) is 4.77. The number of hydrogen-bond donors (Lipinski definition) is 0. The summed E-state index contributed by atoms with van der Waals surface area (Å²) in [5.74, 6) is -0.841. The van der Waals surface area contributed by atoms with E-state index in [2.05, 4.69) is 9.72 Å². The van der Waals surface area contributed by atoms with Crippen LogP contribution in [0, 0.1) is 6.92 Å². The molecule has 0 N–H and O–H groups in total. The lowest BCUT2D eigenvalue weighted by Crippen LogP contribution is -2.06. The fourth-order valence-electron chi connectivity index (χ4n) is 2.22. The van der Waals surface area contributed by atoms with E-state index in [0.717, 1.165) is 16.1 Å². The smallest absolute Gasteiger partial charge is 0.350 e. The van der Waals surface area contributed by atoms with Crippen molar-refractivity contribution in [3.05, 3.63) is 62.8 Å². The van der Waals surface area contributed by atoms with E-state index in [1.54, 1.807) is 42.5 Å². The normalized spacial score (nSPS) is 10.5. The Labute approximate surface area is 152 Å². The standard InChI is InChI=1S/C18H15NO4S2/c1-11-15(25-16(19-11)14-6-7-24-10-14)18(21)23-9-12-4-3-5-13(8-12)17(20)22-2/h3-8,10H,9H2,1-2H3. The van der Waals surface area contributed by atoms with Crippen LogP contribution in [0.3, 0.4) is 0 Å². The van der Waals surface area contributed by atoms with Gasteiger partial charge in [-0.25, -0.2) is 14.6 Å². The zero-order valence-electron chi connectivity index (χ0n) is 13.6. The first-order chi connectivity index (χ1) is 12.1. The van der Waals surface area contributed by atoms with Gasteiger partial charge in [0.2, 0.25) is 0 Å². The highest BCUT2D eigenvalue weighted by atomic mass is 32.1. The Bertz CT molecular complexity index is 900. The van der Waals surface area contributed by atoms with Gasteiger partial charge in [-0.2, -0.15) is 11.3 Å². The summed E-state index contributed by atoms with van der Waals surface area (Å²) < 4.78 is 10.1. The van der Waals surface area contributed by atoms with Crippen LogP contribution in [0.2, 0.25) is 0 Å². The first-order valence-corrected chi connectivity index (χ1v) is 9.19. The second-order valence-corrected chi connectivity index (χ2v) is 6.99. The second kappa shape index (κ2) is 7.58. The van der Waals surface area contributed by atoms with Crippen molar-refractivity contribution in [1.82, 2.24) is 4.98 Å². The van der Waals surface area contributed by atoms with Crippen LogP contribution in [-0.4, -0.2) is 24.0 Å². The van der Waals surface area contributed by atoms with Crippen molar-refractivity contribution in [2.45, 2.75) is 13.5 Å². The van der Waals surface area contributed by atoms with Crippen LogP contribution in [0.4, 0.5) is 0 Å². The van der Waals surface area contributed by atoms with Crippen molar-refractivity contribution in [3.63, 3.8) is 0 Å². The van der Waals surface area contributed by atoms with Gasteiger partial charge in [-0.15, -0.1) is 11.3 Å². The molecule has 2 heterocycles. The Kier molecular flexibility index (Phi) is 5.25. The third kappa shape index (κ3) is 3.94. The molecule has 0 amide bonds. The number of thiazole rings is 1. The monoisotopic (exact) mass is 373 g/mol. The topological polar surface area (TPSA) is 65.5 Å². The number of ether oxygens (including phenoxy) is 2. The summed E-state index contributed by atoms with van der Waals surface area (Å²) in [6.07, 6.45) is 0. The fraction of sp³-hybridized carbons (Fsp3) is 0.167. The molecule has 2 aromatic heterocycles. The van der Waals surface area contributed by atoms with Gasteiger partial charge in [-0.3, -0.25) is 0 Å². The van der Waals surface area contributed by atoms with E-state index in [4.69, 9.17) is 4.74 Å². The summed E-state index contributed by atoms with van der Waals surface area (Å²) in [4.78, 5) is 28.8. The molecular formula is C18H15NO4S2. The molecule has 1 aromatic carbocycles. The minimum atomic E-state index is -0.424. The zero-order valence-corrected chi connectivity index (χ0v) is 15.3. The molecular weight excluding hydrogens is 358 g/mol. The number of aryl methyl sites for hydroxylation is 1. The molecule has 0 aliphatic carbocycles. The quantitative estimate of drug-likeness (QED) is 0.623. The molecule has 0 aliphatic heterocycles. The molecule has 7 heteroatoms. The third-order valence-electron chi connectivity index (χ3n) is 3.47. The van der Waals surface area contributed by atoms with Crippen molar-refractivity contribution in [1.29, 1.82) is 0 Å². The minimum absolute atomic E-state index is 0.0782. The molecule has 3 rings (SSSR count). The van der Waals surface area contributed by atoms with Gasteiger partial charge in [0.1, 0.15) is 16.5 Å². The lowest BCUT2D eigenvalue weighted by molar-refractivity contribution is 0.0477. The van der Waals surface area contributed by atoms with Crippen LogP contribution in [0.15, 0.2) is 41.1 Å². The molecule has 128 valence electrons. The van der Waals surface area contributed by atoms with Crippen LogP contribution < -0.4 is 0 Å². The fourth-order valence-corrected chi connectivity index (χ4v) is 3.89. The van der Waals surface area contributed by atoms with Crippen LogP contribution in [-0.2, 0) is 16.1 Å². The molecule has 0 saturated heterocycles. The summed E-state index contributed by atoms with van der Waals surface area (Å²) >= 11 is 2.90.